The minimum atomic E-state index is -3.89. The van der Waals surface area contributed by atoms with Gasteiger partial charge in [-0.25, -0.2) is 13.1 Å². The number of halogens is 1. The lowest BCUT2D eigenvalue weighted by Gasteiger charge is -2.18. The Labute approximate surface area is 190 Å². The van der Waals surface area contributed by atoms with Gasteiger partial charge < -0.3 is 14.6 Å². The van der Waals surface area contributed by atoms with Crippen molar-refractivity contribution in [3.8, 4) is 5.75 Å². The van der Waals surface area contributed by atoms with Gasteiger partial charge >= 0.3 is 0 Å². The lowest BCUT2D eigenvalue weighted by Crippen LogP contribution is -2.31. The van der Waals surface area contributed by atoms with E-state index in [2.05, 4.69) is 10.0 Å². The van der Waals surface area contributed by atoms with Crippen molar-refractivity contribution in [2.45, 2.75) is 18.0 Å². The molecule has 0 aliphatic carbocycles. The van der Waals surface area contributed by atoms with Crippen LogP contribution in [0.25, 0.3) is 0 Å². The molecule has 2 N–H and O–H groups in total. The minimum absolute atomic E-state index is 0.00659. The maximum absolute atomic E-state index is 12.8. The van der Waals surface area contributed by atoms with Crippen LogP contribution in [0.15, 0.2) is 70.4 Å². The van der Waals surface area contributed by atoms with E-state index >= 15 is 0 Å². The molecule has 10 heteroatoms. The molecule has 3 aromatic rings. The Morgan fingerprint density at radius 1 is 1.09 bits per heavy atom. The van der Waals surface area contributed by atoms with Gasteiger partial charge in [-0.05, 0) is 23.8 Å². The van der Waals surface area contributed by atoms with Crippen LogP contribution in [0.4, 0.5) is 0 Å². The number of ether oxygens (including phenoxy) is 1. The van der Waals surface area contributed by atoms with Gasteiger partial charge in [0.2, 0.25) is 15.5 Å². The normalized spacial score (nSPS) is 11.2. The van der Waals surface area contributed by atoms with E-state index in [0.29, 0.717) is 0 Å². The number of amides is 1. The first kappa shape index (κ1) is 23.5. The van der Waals surface area contributed by atoms with Crippen LogP contribution in [0.2, 0.25) is 5.02 Å². The lowest BCUT2D eigenvalue weighted by atomic mass is 10.2. The van der Waals surface area contributed by atoms with Crippen molar-refractivity contribution in [3.63, 3.8) is 0 Å². The Hall–Kier alpha value is -3.14. The third kappa shape index (κ3) is 5.37. The first-order chi connectivity index (χ1) is 15.2. The maximum atomic E-state index is 12.8. The van der Waals surface area contributed by atoms with Crippen LogP contribution < -0.4 is 20.2 Å². The van der Waals surface area contributed by atoms with E-state index in [1.165, 1.54) is 35.9 Å². The standard InChI is InChI=1S/C22H22ClN3O5S/c1-24-22(28)20-21(31-14-15-7-4-3-5-8-15)19(27)12-17(26(20)2)13-25-32(29,30)18-10-6-9-16(23)11-18/h3-12,25H,13-14H2,1-2H3,(H,24,28). The predicted octanol–water partition coefficient (Wildman–Crippen LogP) is 2.46. The van der Waals surface area contributed by atoms with E-state index in [1.807, 2.05) is 30.3 Å². The molecule has 32 heavy (non-hydrogen) atoms. The van der Waals surface area contributed by atoms with Crippen molar-refractivity contribution in [1.82, 2.24) is 14.6 Å². The number of benzene rings is 2. The van der Waals surface area contributed by atoms with Crippen LogP contribution in [-0.2, 0) is 30.2 Å². The molecule has 1 heterocycles. The Balaban J connectivity index is 1.91. The zero-order valence-corrected chi connectivity index (χ0v) is 19.0. The number of nitrogens with one attached hydrogen (secondary N) is 2. The topological polar surface area (TPSA) is 106 Å². The number of rotatable bonds is 8. The van der Waals surface area contributed by atoms with Crippen LogP contribution in [-0.4, -0.2) is 25.9 Å². The SMILES string of the molecule is CNC(=O)c1c(OCc2ccccc2)c(=O)cc(CNS(=O)(=O)c2cccc(Cl)c2)n1C. The van der Waals surface area contributed by atoms with Crippen LogP contribution in [0.3, 0.4) is 0 Å². The molecule has 1 amide bonds. The van der Waals surface area contributed by atoms with Gasteiger partial charge in [0, 0.05) is 30.9 Å². The third-order valence-electron chi connectivity index (χ3n) is 4.72. The number of hydrogen-bond acceptors (Lipinski definition) is 5. The molecule has 2 aromatic carbocycles. The van der Waals surface area contributed by atoms with Gasteiger partial charge in [-0.2, -0.15) is 0 Å². The van der Waals surface area contributed by atoms with Gasteiger partial charge in [0.25, 0.3) is 5.91 Å². The monoisotopic (exact) mass is 475 g/mol. The van der Waals surface area contributed by atoms with Gasteiger partial charge in [0.05, 0.1) is 11.4 Å². The minimum Gasteiger partial charge on any atom is -0.483 e. The fourth-order valence-corrected chi connectivity index (χ4v) is 4.32. The predicted molar refractivity (Wildman–Crippen MR) is 121 cm³/mol. The van der Waals surface area contributed by atoms with Crippen molar-refractivity contribution in [1.29, 1.82) is 0 Å². The Kier molecular flexibility index (Phi) is 7.34. The smallest absolute Gasteiger partial charge is 0.271 e. The van der Waals surface area contributed by atoms with E-state index in [4.69, 9.17) is 16.3 Å². The Bertz CT molecular complexity index is 1290. The first-order valence-corrected chi connectivity index (χ1v) is 11.5. The van der Waals surface area contributed by atoms with Gasteiger partial charge in [0.15, 0.2) is 11.4 Å². The van der Waals surface area contributed by atoms with Gasteiger partial charge in [-0.3, -0.25) is 9.59 Å². The average Bonchev–Trinajstić information content (AvgIpc) is 2.78. The second-order valence-corrected chi connectivity index (χ2v) is 9.08. The number of aromatic nitrogens is 1. The van der Waals surface area contributed by atoms with Crippen molar-refractivity contribution < 1.29 is 17.9 Å². The Morgan fingerprint density at radius 3 is 2.47 bits per heavy atom. The highest BCUT2D eigenvalue weighted by atomic mass is 35.5. The number of carbonyl (C=O) groups is 1. The fourth-order valence-electron chi connectivity index (χ4n) is 3.03. The molecule has 0 radical (unpaired) electrons. The largest absolute Gasteiger partial charge is 0.483 e. The van der Waals surface area contributed by atoms with E-state index in [0.717, 1.165) is 5.56 Å². The molecule has 1 aromatic heterocycles. The zero-order valence-electron chi connectivity index (χ0n) is 17.5. The summed E-state index contributed by atoms with van der Waals surface area (Å²) in [5, 5.41) is 2.77. The third-order valence-corrected chi connectivity index (χ3v) is 6.35. The maximum Gasteiger partial charge on any atom is 0.271 e. The Morgan fingerprint density at radius 2 is 1.81 bits per heavy atom. The molecule has 0 saturated heterocycles. The second kappa shape index (κ2) is 9.99. The summed E-state index contributed by atoms with van der Waals surface area (Å²) < 4.78 is 34.7. The fraction of sp³-hybridized carbons (Fsp3) is 0.182. The van der Waals surface area contributed by atoms with Crippen molar-refractivity contribution in [2.24, 2.45) is 7.05 Å². The van der Waals surface area contributed by atoms with Crippen LogP contribution in [0.5, 0.6) is 5.75 Å². The second-order valence-electron chi connectivity index (χ2n) is 6.87. The highest BCUT2D eigenvalue weighted by molar-refractivity contribution is 7.89. The van der Waals surface area contributed by atoms with Crippen molar-refractivity contribution >= 4 is 27.5 Å². The highest BCUT2D eigenvalue weighted by Crippen LogP contribution is 2.19. The average molecular weight is 476 g/mol. The van der Waals surface area contributed by atoms with E-state index < -0.39 is 21.4 Å². The van der Waals surface area contributed by atoms with E-state index in [-0.39, 0.29) is 40.2 Å². The molecule has 0 aliphatic heterocycles. The molecular weight excluding hydrogens is 454 g/mol. The number of sulfonamides is 1. The number of hydrogen-bond donors (Lipinski definition) is 2. The van der Waals surface area contributed by atoms with E-state index in [9.17, 15) is 18.0 Å². The van der Waals surface area contributed by atoms with Crippen LogP contribution in [0.1, 0.15) is 21.7 Å². The quantitative estimate of drug-likeness (QED) is 0.520. The highest BCUT2D eigenvalue weighted by Gasteiger charge is 2.22. The summed E-state index contributed by atoms with van der Waals surface area (Å²) in [4.78, 5) is 25.3. The van der Waals surface area contributed by atoms with Crippen LogP contribution in [0, 0.1) is 0 Å². The molecule has 0 fully saturated rings. The van der Waals surface area contributed by atoms with Crippen molar-refractivity contribution in [3.05, 3.63) is 92.9 Å². The molecule has 0 spiro atoms. The molecule has 0 atom stereocenters. The molecule has 0 unspecified atom stereocenters. The summed E-state index contributed by atoms with van der Waals surface area (Å²) >= 11 is 5.88. The molecule has 0 saturated carbocycles. The van der Waals surface area contributed by atoms with Crippen LogP contribution >= 0.6 is 11.6 Å². The van der Waals surface area contributed by atoms with E-state index in [1.54, 1.807) is 13.1 Å². The molecule has 0 aliphatic rings. The molecule has 168 valence electrons. The molecule has 3 rings (SSSR count). The number of nitrogens with zero attached hydrogens (tertiary/aromatic N) is 1. The summed E-state index contributed by atoms with van der Waals surface area (Å²) in [5.41, 5.74) is 0.574. The summed E-state index contributed by atoms with van der Waals surface area (Å²) in [7, 11) is -0.896. The van der Waals surface area contributed by atoms with Gasteiger partial charge in [-0.1, -0.05) is 48.0 Å². The number of pyridine rings is 1. The zero-order chi connectivity index (χ0) is 23.3. The lowest BCUT2D eigenvalue weighted by molar-refractivity contribution is 0.0948. The van der Waals surface area contributed by atoms with Crippen molar-refractivity contribution in [2.75, 3.05) is 7.05 Å². The number of carbonyl (C=O) groups excluding carboxylic acids is 1. The molecule has 8 nitrogen and oxygen atoms in total. The first-order valence-electron chi connectivity index (χ1n) is 9.60. The summed E-state index contributed by atoms with van der Waals surface area (Å²) in [6.45, 7) is -0.121. The summed E-state index contributed by atoms with van der Waals surface area (Å²) in [5.74, 6) is -0.649. The summed E-state index contributed by atoms with van der Waals surface area (Å²) in [6.07, 6.45) is 0. The molecular formula is C22H22ClN3O5S. The van der Waals surface area contributed by atoms with Gasteiger partial charge in [0.1, 0.15) is 6.61 Å². The summed E-state index contributed by atoms with van der Waals surface area (Å²) in [6, 6.07) is 16.3. The van der Waals surface area contributed by atoms with Gasteiger partial charge in [-0.15, -0.1) is 0 Å². The molecule has 0 bridgehead atoms.